The van der Waals surface area contributed by atoms with Crippen LogP contribution in [0.5, 0.6) is 5.75 Å². The Morgan fingerprint density at radius 2 is 1.40 bits per heavy atom. The Kier molecular flexibility index (Phi) is 4.77. The molecule has 3 aromatic rings. The molecule has 1 N–H and O–H groups in total. The van der Waals surface area contributed by atoms with Gasteiger partial charge >= 0.3 is 5.97 Å². The third-order valence-electron chi connectivity index (χ3n) is 4.09. The number of carbonyl (C=O) groups is 1. The van der Waals surface area contributed by atoms with Gasteiger partial charge in [-0.2, -0.15) is 0 Å². The summed E-state index contributed by atoms with van der Waals surface area (Å²) in [5.74, 6) is -0.549. The van der Waals surface area contributed by atoms with Crippen LogP contribution in [0.2, 0.25) is 5.02 Å². The van der Waals surface area contributed by atoms with Crippen molar-refractivity contribution in [3.63, 3.8) is 0 Å². The summed E-state index contributed by atoms with van der Waals surface area (Å²) in [7, 11) is 0. The largest absolute Gasteiger partial charge is 0.478 e. The Labute approximate surface area is 151 Å². The van der Waals surface area contributed by atoms with Gasteiger partial charge in [0.15, 0.2) is 0 Å². The number of carboxylic acids is 1. The van der Waals surface area contributed by atoms with Crippen LogP contribution in [0.1, 0.15) is 12.5 Å². The molecule has 0 aliphatic rings. The Bertz CT molecular complexity index is 858. The molecule has 0 aromatic heterocycles. The van der Waals surface area contributed by atoms with E-state index in [1.807, 2.05) is 42.5 Å². The van der Waals surface area contributed by atoms with Crippen LogP contribution in [0.3, 0.4) is 0 Å². The zero-order valence-corrected chi connectivity index (χ0v) is 14.4. The molecule has 0 saturated heterocycles. The first-order chi connectivity index (χ1) is 12.0. The maximum Gasteiger partial charge on any atom is 0.352 e. The van der Waals surface area contributed by atoms with Crippen molar-refractivity contribution >= 4 is 17.6 Å². The Hall–Kier alpha value is -2.78. The molecular weight excluding hydrogens is 336 g/mol. The van der Waals surface area contributed by atoms with Crippen molar-refractivity contribution in [2.24, 2.45) is 0 Å². The molecule has 4 heteroatoms. The molecule has 3 rings (SSSR count). The molecule has 3 aromatic carbocycles. The highest BCUT2D eigenvalue weighted by atomic mass is 35.5. The Balaban J connectivity index is 1.86. The lowest BCUT2D eigenvalue weighted by Gasteiger charge is -2.27. The summed E-state index contributed by atoms with van der Waals surface area (Å²) in [6.45, 7) is 1.55. The molecule has 0 fully saturated rings. The molecule has 1 unspecified atom stereocenters. The summed E-state index contributed by atoms with van der Waals surface area (Å²) in [6.07, 6.45) is 0. The SMILES string of the molecule is CC(Oc1ccc(-c2ccc(Cl)cc2)cc1)(C(=O)O)c1ccccc1. The van der Waals surface area contributed by atoms with E-state index in [9.17, 15) is 9.90 Å². The first-order valence-corrected chi connectivity index (χ1v) is 8.21. The molecule has 126 valence electrons. The molecule has 0 aliphatic heterocycles. The van der Waals surface area contributed by atoms with Gasteiger partial charge in [-0.05, 0) is 42.3 Å². The molecule has 1 atom stereocenters. The van der Waals surface area contributed by atoms with Crippen molar-refractivity contribution in [1.29, 1.82) is 0 Å². The minimum Gasteiger partial charge on any atom is -0.478 e. The van der Waals surface area contributed by atoms with E-state index in [4.69, 9.17) is 16.3 Å². The van der Waals surface area contributed by atoms with Crippen LogP contribution < -0.4 is 4.74 Å². The normalized spacial score (nSPS) is 13.0. The molecule has 3 nitrogen and oxygen atoms in total. The number of carboxylic acid groups (broad SMARTS) is 1. The van der Waals surface area contributed by atoms with Crippen LogP contribution in [-0.2, 0) is 10.4 Å². The Morgan fingerprint density at radius 1 is 0.880 bits per heavy atom. The number of ether oxygens (including phenoxy) is 1. The van der Waals surface area contributed by atoms with Gasteiger partial charge in [0.05, 0.1) is 0 Å². The Morgan fingerprint density at radius 3 is 1.92 bits per heavy atom. The smallest absolute Gasteiger partial charge is 0.352 e. The molecule has 0 bridgehead atoms. The van der Waals surface area contributed by atoms with Crippen LogP contribution in [0, 0.1) is 0 Å². The van der Waals surface area contributed by atoms with Crippen molar-refractivity contribution < 1.29 is 14.6 Å². The van der Waals surface area contributed by atoms with E-state index in [0.29, 0.717) is 16.3 Å². The highest BCUT2D eigenvalue weighted by molar-refractivity contribution is 6.30. The maximum absolute atomic E-state index is 11.8. The van der Waals surface area contributed by atoms with Gasteiger partial charge in [0.2, 0.25) is 5.60 Å². The third-order valence-corrected chi connectivity index (χ3v) is 4.34. The van der Waals surface area contributed by atoms with E-state index in [-0.39, 0.29) is 0 Å². The highest BCUT2D eigenvalue weighted by Gasteiger charge is 2.37. The minimum absolute atomic E-state index is 0.492. The molecule has 25 heavy (non-hydrogen) atoms. The van der Waals surface area contributed by atoms with Crippen LogP contribution >= 0.6 is 11.6 Å². The summed E-state index contributed by atoms with van der Waals surface area (Å²) >= 11 is 5.91. The van der Waals surface area contributed by atoms with Crippen molar-refractivity contribution in [3.05, 3.63) is 89.4 Å². The predicted octanol–water partition coefficient (Wildman–Crippen LogP) is 5.39. The van der Waals surface area contributed by atoms with Crippen LogP contribution in [0.25, 0.3) is 11.1 Å². The van der Waals surface area contributed by atoms with Gasteiger partial charge in [-0.25, -0.2) is 4.79 Å². The van der Waals surface area contributed by atoms with E-state index in [1.165, 1.54) is 0 Å². The van der Waals surface area contributed by atoms with Crippen molar-refractivity contribution in [2.75, 3.05) is 0 Å². The summed E-state index contributed by atoms with van der Waals surface area (Å²) in [6, 6.07) is 23.8. The fourth-order valence-electron chi connectivity index (χ4n) is 2.58. The summed E-state index contributed by atoms with van der Waals surface area (Å²) in [5.41, 5.74) is 1.16. The number of hydrogen-bond donors (Lipinski definition) is 1. The van der Waals surface area contributed by atoms with Gasteiger partial charge in [0.25, 0.3) is 0 Å². The van der Waals surface area contributed by atoms with Crippen molar-refractivity contribution in [3.8, 4) is 16.9 Å². The first kappa shape index (κ1) is 17.1. The molecule has 0 amide bonds. The first-order valence-electron chi connectivity index (χ1n) is 7.83. The van der Waals surface area contributed by atoms with Gasteiger partial charge < -0.3 is 9.84 Å². The molecule has 0 heterocycles. The van der Waals surface area contributed by atoms with Gasteiger partial charge in [-0.15, -0.1) is 0 Å². The quantitative estimate of drug-likeness (QED) is 0.670. The average Bonchev–Trinajstić information content (AvgIpc) is 2.63. The zero-order valence-electron chi connectivity index (χ0n) is 13.6. The predicted molar refractivity (Wildman–Crippen MR) is 98.9 cm³/mol. The average molecular weight is 353 g/mol. The van der Waals surface area contributed by atoms with E-state index >= 15 is 0 Å². The monoisotopic (exact) mass is 352 g/mol. The van der Waals surface area contributed by atoms with Crippen molar-refractivity contribution in [2.45, 2.75) is 12.5 Å². The molecular formula is C21H17ClO3. The standard InChI is InChI=1S/C21H17ClO3/c1-21(20(23)24,17-5-3-2-4-6-17)25-19-13-9-16(10-14-19)15-7-11-18(22)12-8-15/h2-14H,1H3,(H,23,24). The summed E-state index contributed by atoms with van der Waals surface area (Å²) < 4.78 is 5.84. The summed E-state index contributed by atoms with van der Waals surface area (Å²) in [4.78, 5) is 11.8. The lowest BCUT2D eigenvalue weighted by Crippen LogP contribution is -2.38. The second-order valence-corrected chi connectivity index (χ2v) is 6.27. The lowest BCUT2D eigenvalue weighted by molar-refractivity contribution is -0.154. The highest BCUT2D eigenvalue weighted by Crippen LogP contribution is 2.30. The minimum atomic E-state index is -1.46. The number of aliphatic carboxylic acids is 1. The second kappa shape index (κ2) is 6.99. The topological polar surface area (TPSA) is 46.5 Å². The zero-order chi connectivity index (χ0) is 17.9. The van der Waals surface area contributed by atoms with Gasteiger partial charge in [-0.1, -0.05) is 66.2 Å². The lowest BCUT2D eigenvalue weighted by atomic mass is 9.96. The third kappa shape index (κ3) is 3.67. The van der Waals surface area contributed by atoms with E-state index in [2.05, 4.69) is 0 Å². The number of rotatable bonds is 5. The van der Waals surface area contributed by atoms with Crippen molar-refractivity contribution in [1.82, 2.24) is 0 Å². The number of benzene rings is 3. The fraction of sp³-hybridized carbons (Fsp3) is 0.0952. The van der Waals surface area contributed by atoms with E-state index in [0.717, 1.165) is 11.1 Å². The van der Waals surface area contributed by atoms with E-state index in [1.54, 1.807) is 43.3 Å². The van der Waals surface area contributed by atoms with Crippen LogP contribution in [-0.4, -0.2) is 11.1 Å². The van der Waals surface area contributed by atoms with Crippen LogP contribution in [0.4, 0.5) is 0 Å². The molecule has 0 aliphatic carbocycles. The fourth-order valence-corrected chi connectivity index (χ4v) is 2.70. The van der Waals surface area contributed by atoms with Gasteiger partial charge in [0, 0.05) is 10.6 Å². The van der Waals surface area contributed by atoms with Crippen LogP contribution in [0.15, 0.2) is 78.9 Å². The van der Waals surface area contributed by atoms with Gasteiger partial charge in [-0.3, -0.25) is 0 Å². The number of halogens is 1. The maximum atomic E-state index is 11.8. The molecule has 0 saturated carbocycles. The molecule has 0 spiro atoms. The van der Waals surface area contributed by atoms with E-state index < -0.39 is 11.6 Å². The second-order valence-electron chi connectivity index (χ2n) is 5.84. The summed E-state index contributed by atoms with van der Waals surface area (Å²) in [5, 5.41) is 10.4. The molecule has 0 radical (unpaired) electrons. The van der Waals surface area contributed by atoms with Gasteiger partial charge in [0.1, 0.15) is 5.75 Å². The number of hydrogen-bond acceptors (Lipinski definition) is 2.